The summed E-state index contributed by atoms with van der Waals surface area (Å²) in [5.74, 6) is 0.703. The Bertz CT molecular complexity index is 1330. The molecule has 6 nitrogen and oxygen atoms in total. The van der Waals surface area contributed by atoms with Gasteiger partial charge in [0.05, 0.1) is 16.6 Å². The molecule has 0 aliphatic rings. The number of imidazole rings is 1. The fraction of sp³-hybridized carbons (Fsp3) is 0.0870. The van der Waals surface area contributed by atoms with E-state index in [1.54, 1.807) is 12.5 Å². The number of hydrogen-bond donors (Lipinski definition) is 1. The molecule has 0 aliphatic carbocycles. The first-order valence-corrected chi connectivity index (χ1v) is 9.40. The highest BCUT2D eigenvalue weighted by molar-refractivity contribution is 6.06. The van der Waals surface area contributed by atoms with Crippen LogP contribution in [0.1, 0.15) is 15.9 Å². The van der Waals surface area contributed by atoms with E-state index in [-0.39, 0.29) is 5.91 Å². The summed E-state index contributed by atoms with van der Waals surface area (Å²) in [7, 11) is 1.95. The van der Waals surface area contributed by atoms with E-state index in [0.29, 0.717) is 12.1 Å². The van der Waals surface area contributed by atoms with Gasteiger partial charge in [0, 0.05) is 36.9 Å². The van der Waals surface area contributed by atoms with Crippen molar-refractivity contribution >= 4 is 27.8 Å². The quantitative estimate of drug-likeness (QED) is 0.514. The van der Waals surface area contributed by atoms with Gasteiger partial charge in [-0.15, -0.1) is 0 Å². The van der Waals surface area contributed by atoms with Crippen LogP contribution in [0.25, 0.3) is 27.8 Å². The van der Waals surface area contributed by atoms with Gasteiger partial charge in [-0.1, -0.05) is 36.4 Å². The molecule has 6 heteroatoms. The molecule has 0 aliphatic heterocycles. The molecule has 29 heavy (non-hydrogen) atoms. The lowest BCUT2D eigenvalue weighted by Crippen LogP contribution is -2.22. The minimum absolute atomic E-state index is 0.0912. The number of nitrogens with one attached hydrogen (secondary N) is 1. The predicted molar refractivity (Wildman–Crippen MR) is 113 cm³/mol. The van der Waals surface area contributed by atoms with Crippen molar-refractivity contribution in [3.8, 4) is 5.82 Å². The Kier molecular flexibility index (Phi) is 4.09. The van der Waals surface area contributed by atoms with Gasteiger partial charge in [0.1, 0.15) is 12.1 Å². The maximum Gasteiger partial charge on any atom is 0.253 e. The molecule has 0 saturated heterocycles. The molecule has 0 radical (unpaired) electrons. The van der Waals surface area contributed by atoms with Gasteiger partial charge < -0.3 is 9.88 Å². The van der Waals surface area contributed by atoms with Gasteiger partial charge in [-0.05, 0) is 29.8 Å². The highest BCUT2D eigenvalue weighted by Crippen LogP contribution is 2.20. The number of pyridine rings is 1. The lowest BCUT2D eigenvalue weighted by Gasteiger charge is -2.07. The lowest BCUT2D eigenvalue weighted by molar-refractivity contribution is 0.0952. The van der Waals surface area contributed by atoms with Crippen LogP contribution in [0.5, 0.6) is 0 Å². The Balaban J connectivity index is 1.33. The number of aromatic nitrogens is 4. The van der Waals surface area contributed by atoms with Crippen molar-refractivity contribution in [3.63, 3.8) is 0 Å². The molecule has 5 aromatic rings. The van der Waals surface area contributed by atoms with Crippen molar-refractivity contribution < 1.29 is 4.79 Å². The van der Waals surface area contributed by atoms with E-state index >= 15 is 0 Å². The average Bonchev–Trinajstić information content (AvgIpc) is 3.34. The van der Waals surface area contributed by atoms with Gasteiger partial charge in [-0.25, -0.2) is 9.97 Å². The second kappa shape index (κ2) is 6.91. The molecule has 0 bridgehead atoms. The molecule has 0 fully saturated rings. The molecule has 1 amide bonds. The first-order chi connectivity index (χ1) is 14.2. The molecular weight excluding hydrogens is 362 g/mol. The van der Waals surface area contributed by atoms with Gasteiger partial charge in [0.15, 0.2) is 0 Å². The Morgan fingerprint density at radius 2 is 1.76 bits per heavy atom. The van der Waals surface area contributed by atoms with Gasteiger partial charge in [-0.2, -0.15) is 0 Å². The minimum Gasteiger partial charge on any atom is -0.350 e. The van der Waals surface area contributed by atoms with E-state index in [4.69, 9.17) is 0 Å². The standard InChI is InChI=1S/C23H19N5O/c1-27-14-18(17-6-2-4-8-20(17)27)23(29)25-13-16-10-11-22(24-12-16)28-15-26-19-7-3-5-9-21(19)28/h2-12,14-15H,13H2,1H3,(H,25,29). The van der Waals surface area contributed by atoms with Crippen molar-refractivity contribution in [2.75, 3.05) is 0 Å². The molecule has 5 rings (SSSR count). The number of aryl methyl sites for hydroxylation is 1. The topological polar surface area (TPSA) is 64.7 Å². The van der Waals surface area contributed by atoms with E-state index in [1.807, 2.05) is 83.0 Å². The molecule has 2 aromatic carbocycles. The second-order valence-electron chi connectivity index (χ2n) is 6.98. The van der Waals surface area contributed by atoms with Gasteiger partial charge in [0.25, 0.3) is 5.91 Å². The number of hydrogen-bond acceptors (Lipinski definition) is 3. The van der Waals surface area contributed by atoms with E-state index < -0.39 is 0 Å². The summed E-state index contributed by atoms with van der Waals surface area (Å²) < 4.78 is 3.92. The minimum atomic E-state index is -0.0912. The fourth-order valence-electron chi connectivity index (χ4n) is 3.61. The maximum absolute atomic E-state index is 12.7. The number of nitrogens with zero attached hydrogens (tertiary/aromatic N) is 4. The van der Waals surface area contributed by atoms with Gasteiger partial charge >= 0.3 is 0 Å². The summed E-state index contributed by atoms with van der Waals surface area (Å²) in [6.45, 7) is 0.417. The Labute approximate surface area is 167 Å². The largest absolute Gasteiger partial charge is 0.350 e. The summed E-state index contributed by atoms with van der Waals surface area (Å²) in [5.41, 5.74) is 4.60. The van der Waals surface area contributed by atoms with Crippen LogP contribution < -0.4 is 5.32 Å². The van der Waals surface area contributed by atoms with E-state index in [0.717, 1.165) is 33.3 Å². The molecule has 3 heterocycles. The van der Waals surface area contributed by atoms with Crippen molar-refractivity contribution in [3.05, 3.63) is 90.5 Å². The molecule has 142 valence electrons. The summed E-state index contributed by atoms with van der Waals surface area (Å²) in [4.78, 5) is 21.6. The monoisotopic (exact) mass is 381 g/mol. The third-order valence-corrected chi connectivity index (χ3v) is 5.10. The summed E-state index contributed by atoms with van der Waals surface area (Å²) >= 11 is 0. The van der Waals surface area contributed by atoms with Crippen molar-refractivity contribution in [2.24, 2.45) is 7.05 Å². The van der Waals surface area contributed by atoms with Crippen LogP contribution >= 0.6 is 0 Å². The van der Waals surface area contributed by atoms with Crippen LogP contribution in [0.3, 0.4) is 0 Å². The Morgan fingerprint density at radius 1 is 0.966 bits per heavy atom. The number of carbonyl (C=O) groups is 1. The van der Waals surface area contributed by atoms with Crippen LogP contribution in [0.4, 0.5) is 0 Å². The van der Waals surface area contributed by atoms with Crippen LogP contribution in [-0.2, 0) is 13.6 Å². The van der Waals surface area contributed by atoms with Crippen molar-refractivity contribution in [2.45, 2.75) is 6.54 Å². The van der Waals surface area contributed by atoms with Crippen LogP contribution in [-0.4, -0.2) is 25.0 Å². The van der Waals surface area contributed by atoms with Crippen molar-refractivity contribution in [1.29, 1.82) is 0 Å². The first-order valence-electron chi connectivity index (χ1n) is 9.40. The zero-order valence-corrected chi connectivity index (χ0v) is 15.9. The third kappa shape index (κ3) is 3.04. The number of rotatable bonds is 4. The first kappa shape index (κ1) is 17.2. The van der Waals surface area contributed by atoms with Crippen LogP contribution in [0, 0.1) is 0 Å². The highest BCUT2D eigenvalue weighted by atomic mass is 16.1. The molecule has 0 atom stereocenters. The molecule has 0 spiro atoms. The van der Waals surface area contributed by atoms with Crippen molar-refractivity contribution in [1.82, 2.24) is 24.4 Å². The normalized spacial score (nSPS) is 11.2. The zero-order valence-electron chi connectivity index (χ0n) is 15.9. The van der Waals surface area contributed by atoms with Gasteiger partial charge in [-0.3, -0.25) is 9.36 Å². The summed E-state index contributed by atoms with van der Waals surface area (Å²) in [6, 6.07) is 19.7. The number of amides is 1. The number of fused-ring (bicyclic) bond motifs is 2. The Morgan fingerprint density at radius 3 is 2.59 bits per heavy atom. The molecule has 0 unspecified atom stereocenters. The summed E-state index contributed by atoms with van der Waals surface area (Å²) in [6.07, 6.45) is 5.42. The SMILES string of the molecule is Cn1cc(C(=O)NCc2ccc(-n3cnc4ccccc43)nc2)c2ccccc21. The fourth-order valence-corrected chi connectivity index (χ4v) is 3.61. The molecule has 0 saturated carbocycles. The molecule has 3 aromatic heterocycles. The highest BCUT2D eigenvalue weighted by Gasteiger charge is 2.13. The lowest BCUT2D eigenvalue weighted by atomic mass is 10.1. The number of para-hydroxylation sites is 3. The number of benzene rings is 2. The average molecular weight is 381 g/mol. The predicted octanol–water partition coefficient (Wildman–Crippen LogP) is 3.84. The molecular formula is C23H19N5O. The van der Waals surface area contributed by atoms with E-state index in [1.165, 1.54) is 0 Å². The van der Waals surface area contributed by atoms with E-state index in [9.17, 15) is 4.79 Å². The smallest absolute Gasteiger partial charge is 0.253 e. The Hall–Kier alpha value is -3.93. The molecule has 1 N–H and O–H groups in total. The summed E-state index contributed by atoms with van der Waals surface area (Å²) in [5, 5.41) is 3.94. The third-order valence-electron chi connectivity index (χ3n) is 5.10. The van der Waals surface area contributed by atoms with Crippen LogP contribution in [0.15, 0.2) is 79.4 Å². The van der Waals surface area contributed by atoms with Crippen LogP contribution in [0.2, 0.25) is 0 Å². The number of carbonyl (C=O) groups excluding carboxylic acids is 1. The maximum atomic E-state index is 12.7. The zero-order chi connectivity index (χ0) is 19.8. The van der Waals surface area contributed by atoms with E-state index in [2.05, 4.69) is 15.3 Å². The second-order valence-corrected chi connectivity index (χ2v) is 6.98. The van der Waals surface area contributed by atoms with Gasteiger partial charge in [0.2, 0.25) is 0 Å².